The molecule has 0 aromatic rings. The Labute approximate surface area is 161 Å². The lowest BCUT2D eigenvalue weighted by molar-refractivity contribution is -0.149. The van der Waals surface area contributed by atoms with Crippen molar-refractivity contribution >= 4 is 11.9 Å². The summed E-state index contributed by atoms with van der Waals surface area (Å²) in [6.45, 7) is 0. The first-order valence-corrected chi connectivity index (χ1v) is 10.6. The van der Waals surface area contributed by atoms with E-state index in [1.54, 1.807) is 0 Å². The summed E-state index contributed by atoms with van der Waals surface area (Å²) in [7, 11) is 3.05. The van der Waals surface area contributed by atoms with E-state index in [1.807, 2.05) is 0 Å². The van der Waals surface area contributed by atoms with Crippen LogP contribution in [-0.4, -0.2) is 26.2 Å². The molecular weight excluding hydrogens is 340 g/mol. The lowest BCUT2D eigenvalue weighted by atomic mass is 9.71. The van der Waals surface area contributed by atoms with Crippen molar-refractivity contribution in [1.29, 1.82) is 0 Å². The maximum atomic E-state index is 12.5. The molecule has 0 heterocycles. The maximum absolute atomic E-state index is 12.5. The Morgan fingerprint density at radius 3 is 1.48 bits per heavy atom. The van der Waals surface area contributed by atoms with E-state index in [0.29, 0.717) is 47.3 Å². The van der Waals surface area contributed by atoms with Crippen LogP contribution in [0.4, 0.5) is 0 Å². The molecule has 3 saturated carbocycles. The Morgan fingerprint density at radius 1 is 0.667 bits per heavy atom. The molecule has 4 bridgehead atoms. The van der Waals surface area contributed by atoms with Crippen molar-refractivity contribution in [3.8, 4) is 0 Å². The molecule has 0 radical (unpaired) electrons. The van der Waals surface area contributed by atoms with Gasteiger partial charge in [0.1, 0.15) is 0 Å². The molecule has 0 N–H and O–H groups in total. The molecule has 146 valence electrons. The summed E-state index contributed by atoms with van der Waals surface area (Å²) in [6.07, 6.45) is 14.9. The van der Waals surface area contributed by atoms with Crippen molar-refractivity contribution in [2.45, 2.75) is 32.1 Å². The number of esters is 2. The van der Waals surface area contributed by atoms with Gasteiger partial charge in [0, 0.05) is 0 Å². The zero-order valence-corrected chi connectivity index (χ0v) is 16.3. The first-order chi connectivity index (χ1) is 13.1. The Bertz CT molecular complexity index is 636. The fraction of sp³-hybridized carbons (Fsp3) is 0.739. The number of hydrogen-bond acceptors (Lipinski definition) is 4. The van der Waals surface area contributed by atoms with E-state index in [1.165, 1.54) is 27.1 Å². The van der Waals surface area contributed by atoms with Gasteiger partial charge in [-0.1, -0.05) is 24.3 Å². The van der Waals surface area contributed by atoms with Gasteiger partial charge in [0.25, 0.3) is 0 Å². The fourth-order valence-corrected chi connectivity index (χ4v) is 7.69. The molecular formula is C23H30O4. The molecule has 5 rings (SSSR count). The van der Waals surface area contributed by atoms with Gasteiger partial charge in [0.05, 0.1) is 26.1 Å². The van der Waals surface area contributed by atoms with Gasteiger partial charge >= 0.3 is 11.9 Å². The highest BCUT2D eigenvalue weighted by Crippen LogP contribution is 2.59. The molecule has 0 aromatic heterocycles. The van der Waals surface area contributed by atoms with Gasteiger partial charge in [-0.25, -0.2) is 0 Å². The molecule has 0 amide bonds. The predicted molar refractivity (Wildman–Crippen MR) is 100 cm³/mol. The number of ether oxygens (including phenoxy) is 2. The van der Waals surface area contributed by atoms with E-state index in [0.717, 1.165) is 19.3 Å². The zero-order chi connectivity index (χ0) is 18.7. The Morgan fingerprint density at radius 2 is 1.07 bits per heavy atom. The minimum atomic E-state index is -0.0180. The molecule has 5 aliphatic carbocycles. The first-order valence-electron chi connectivity index (χ1n) is 10.6. The molecule has 0 aliphatic heterocycles. The summed E-state index contributed by atoms with van der Waals surface area (Å²) in [6, 6.07) is 0. The van der Waals surface area contributed by atoms with E-state index >= 15 is 0 Å². The molecule has 0 spiro atoms. The minimum absolute atomic E-state index is 0.0180. The van der Waals surface area contributed by atoms with Crippen LogP contribution in [0.1, 0.15) is 32.1 Å². The smallest absolute Gasteiger partial charge is 0.309 e. The molecule has 0 aromatic carbocycles. The zero-order valence-electron chi connectivity index (χ0n) is 16.3. The topological polar surface area (TPSA) is 52.6 Å². The fourth-order valence-electron chi connectivity index (χ4n) is 7.69. The first kappa shape index (κ1) is 17.5. The number of methoxy groups -OCH3 is 2. The number of fused-ring (bicyclic) bond motifs is 4. The maximum Gasteiger partial charge on any atom is 0.309 e. The van der Waals surface area contributed by atoms with Gasteiger partial charge in [-0.15, -0.1) is 0 Å². The predicted octanol–water partition coefficient (Wildman–Crippen LogP) is 3.63. The molecule has 4 unspecified atom stereocenters. The quantitative estimate of drug-likeness (QED) is 0.560. The summed E-state index contributed by atoms with van der Waals surface area (Å²) in [5.74, 6) is 3.92. The summed E-state index contributed by atoms with van der Waals surface area (Å²) in [5.41, 5.74) is 0. The minimum Gasteiger partial charge on any atom is -0.469 e. The third-order valence-corrected chi connectivity index (χ3v) is 8.59. The second-order valence-electron chi connectivity index (χ2n) is 9.48. The number of allylic oxidation sites excluding steroid dienone is 4. The molecule has 3 fully saturated rings. The van der Waals surface area contributed by atoms with Crippen molar-refractivity contribution in [3.63, 3.8) is 0 Å². The van der Waals surface area contributed by atoms with E-state index in [4.69, 9.17) is 9.47 Å². The van der Waals surface area contributed by atoms with Crippen LogP contribution in [0, 0.1) is 59.2 Å². The van der Waals surface area contributed by atoms with Gasteiger partial charge in [-0.2, -0.15) is 0 Å². The normalized spacial score (nSPS) is 49.1. The lowest BCUT2D eigenvalue weighted by Crippen LogP contribution is -2.34. The number of rotatable bonds is 4. The van der Waals surface area contributed by atoms with Crippen LogP contribution < -0.4 is 0 Å². The summed E-state index contributed by atoms with van der Waals surface area (Å²) in [4.78, 5) is 24.9. The monoisotopic (exact) mass is 370 g/mol. The standard InChI is InChI=1S/C23H30O4/c1-26-22(24)20-16-7-5-14(10-16)18(20)12-3-4-13(9-12)19-15-6-8-17(11-15)21(19)23(25)27-2/h5-8,12-21H,3-4,9-11H2,1-2H3/t12?,13?,14-,15+,16+,17-,18-,19+,20?,21?. The van der Waals surface area contributed by atoms with Gasteiger partial charge in [0.2, 0.25) is 0 Å². The van der Waals surface area contributed by atoms with E-state index in [-0.39, 0.29) is 23.8 Å². The summed E-state index contributed by atoms with van der Waals surface area (Å²) >= 11 is 0. The second-order valence-corrected chi connectivity index (χ2v) is 9.48. The van der Waals surface area contributed by atoms with Crippen molar-refractivity contribution in [3.05, 3.63) is 24.3 Å². The highest BCUT2D eigenvalue weighted by Gasteiger charge is 2.56. The Kier molecular flexibility index (Phi) is 4.21. The Hall–Kier alpha value is -1.58. The van der Waals surface area contributed by atoms with Crippen LogP contribution in [0.25, 0.3) is 0 Å². The Balaban J connectivity index is 1.34. The average molecular weight is 370 g/mol. The van der Waals surface area contributed by atoms with Crippen molar-refractivity contribution < 1.29 is 19.1 Å². The number of hydrogen-bond donors (Lipinski definition) is 0. The van der Waals surface area contributed by atoms with E-state index in [9.17, 15) is 9.59 Å². The number of carbonyl (C=O) groups excluding carboxylic acids is 2. The van der Waals surface area contributed by atoms with Gasteiger partial charge < -0.3 is 9.47 Å². The van der Waals surface area contributed by atoms with E-state index < -0.39 is 0 Å². The molecule has 4 nitrogen and oxygen atoms in total. The van der Waals surface area contributed by atoms with Crippen molar-refractivity contribution in [1.82, 2.24) is 0 Å². The van der Waals surface area contributed by atoms with Crippen LogP contribution in [-0.2, 0) is 19.1 Å². The molecule has 4 heteroatoms. The second kappa shape index (κ2) is 6.49. The molecule has 5 aliphatic rings. The van der Waals surface area contributed by atoms with Gasteiger partial charge in [0.15, 0.2) is 0 Å². The van der Waals surface area contributed by atoms with Crippen LogP contribution in [0.5, 0.6) is 0 Å². The number of carbonyl (C=O) groups is 2. The van der Waals surface area contributed by atoms with Crippen LogP contribution in [0.15, 0.2) is 24.3 Å². The summed E-state index contributed by atoms with van der Waals surface area (Å²) in [5, 5.41) is 0. The largest absolute Gasteiger partial charge is 0.469 e. The van der Waals surface area contributed by atoms with Crippen molar-refractivity contribution in [2.75, 3.05) is 14.2 Å². The van der Waals surface area contributed by atoms with Gasteiger partial charge in [-0.3, -0.25) is 9.59 Å². The van der Waals surface area contributed by atoms with Crippen LogP contribution in [0.3, 0.4) is 0 Å². The highest BCUT2D eigenvalue weighted by atomic mass is 16.5. The third kappa shape index (κ3) is 2.55. The SMILES string of the molecule is COC(=O)C1[C@@H](C2CCC([C@H]3C(C(=O)OC)[C@H]4C=C[C@@H]3C4)C2)[C@H]2C=C[C@@H]1C2. The molecule has 0 saturated heterocycles. The highest BCUT2D eigenvalue weighted by molar-refractivity contribution is 5.75. The van der Waals surface area contributed by atoms with Crippen molar-refractivity contribution in [2.24, 2.45) is 59.2 Å². The van der Waals surface area contributed by atoms with E-state index in [2.05, 4.69) is 24.3 Å². The lowest BCUT2D eigenvalue weighted by Gasteiger charge is -2.33. The third-order valence-electron chi connectivity index (χ3n) is 8.59. The average Bonchev–Trinajstić information content (AvgIpc) is 3.49. The molecule has 10 atom stereocenters. The van der Waals surface area contributed by atoms with Gasteiger partial charge in [-0.05, 0) is 79.4 Å². The van der Waals surface area contributed by atoms with Crippen LogP contribution >= 0.6 is 0 Å². The molecule has 27 heavy (non-hydrogen) atoms. The van der Waals surface area contributed by atoms with Crippen LogP contribution in [0.2, 0.25) is 0 Å². The summed E-state index contributed by atoms with van der Waals surface area (Å²) < 4.78 is 10.3.